The molecule has 1 N–H and O–H groups in total. The second-order valence-electron chi connectivity index (χ2n) is 9.05. The summed E-state index contributed by atoms with van der Waals surface area (Å²) in [5.41, 5.74) is 4.57. The Morgan fingerprint density at radius 3 is 2.47 bits per heavy atom. The third kappa shape index (κ3) is 5.60. The monoisotopic (exact) mass is 490 g/mol. The van der Waals surface area contributed by atoms with E-state index < -0.39 is 6.04 Å². The fraction of sp³-hybridized carbons (Fsp3) is 0.393. The molecule has 0 fully saturated rings. The SMILES string of the molecule is CCc1ccc(-c2noc(C3=C(C)N(CCCOC(C)C)C(=O)NC3c3ccc(OC)cc3)n2)cc1. The summed E-state index contributed by atoms with van der Waals surface area (Å²) in [5, 5.41) is 7.39. The number of aryl methyl sites for hydroxylation is 1. The van der Waals surface area contributed by atoms with E-state index in [1.807, 2.05) is 57.2 Å². The largest absolute Gasteiger partial charge is 0.497 e. The minimum atomic E-state index is -0.442. The summed E-state index contributed by atoms with van der Waals surface area (Å²) >= 11 is 0. The Morgan fingerprint density at radius 1 is 1.11 bits per heavy atom. The standard InChI is InChI=1S/C28H34N4O4/c1-6-20-8-10-22(11-9-20)26-30-27(36-31-26)24-19(4)32(16-7-17-35-18(2)3)28(33)29-25(24)21-12-14-23(34-5)15-13-21/h8-15,18,25H,6-7,16-17H2,1-5H3,(H,29,33). The van der Waals surface area contributed by atoms with E-state index in [-0.39, 0.29) is 12.1 Å². The number of urea groups is 1. The molecule has 0 aliphatic carbocycles. The molecule has 2 heterocycles. The van der Waals surface area contributed by atoms with Crippen molar-refractivity contribution in [3.8, 4) is 17.1 Å². The zero-order chi connectivity index (χ0) is 25.7. The van der Waals surface area contributed by atoms with Crippen LogP contribution in [0.4, 0.5) is 4.79 Å². The van der Waals surface area contributed by atoms with Gasteiger partial charge in [0.25, 0.3) is 5.89 Å². The third-order valence-corrected chi connectivity index (χ3v) is 6.30. The summed E-state index contributed by atoms with van der Waals surface area (Å²) < 4.78 is 16.8. The average molecular weight is 491 g/mol. The second-order valence-corrected chi connectivity index (χ2v) is 9.05. The van der Waals surface area contributed by atoms with Gasteiger partial charge in [-0.05, 0) is 56.9 Å². The van der Waals surface area contributed by atoms with Crippen molar-refractivity contribution in [3.63, 3.8) is 0 Å². The number of allylic oxidation sites excluding steroid dienone is 1. The Kier molecular flexibility index (Phi) is 8.05. The van der Waals surface area contributed by atoms with Crippen LogP contribution in [0.1, 0.15) is 57.2 Å². The molecule has 1 aliphatic heterocycles. The number of amides is 2. The van der Waals surface area contributed by atoms with Gasteiger partial charge in [-0.3, -0.25) is 4.90 Å². The highest BCUT2D eigenvalue weighted by Crippen LogP contribution is 2.37. The van der Waals surface area contributed by atoms with Crippen LogP contribution >= 0.6 is 0 Å². The Balaban J connectivity index is 1.69. The average Bonchev–Trinajstić information content (AvgIpc) is 3.37. The highest BCUT2D eigenvalue weighted by molar-refractivity contribution is 5.86. The molecule has 0 radical (unpaired) electrons. The molecule has 190 valence electrons. The van der Waals surface area contributed by atoms with E-state index in [0.29, 0.717) is 31.3 Å². The molecule has 0 spiro atoms. The number of methoxy groups -OCH3 is 1. The van der Waals surface area contributed by atoms with E-state index in [1.54, 1.807) is 12.0 Å². The molecular formula is C28H34N4O4. The van der Waals surface area contributed by atoms with Gasteiger partial charge < -0.3 is 19.3 Å². The lowest BCUT2D eigenvalue weighted by atomic mass is 9.94. The predicted molar refractivity (Wildman–Crippen MR) is 138 cm³/mol. The first-order valence-electron chi connectivity index (χ1n) is 12.4. The van der Waals surface area contributed by atoms with Crippen LogP contribution in [0.3, 0.4) is 0 Å². The van der Waals surface area contributed by atoms with Gasteiger partial charge in [0, 0.05) is 24.4 Å². The minimum Gasteiger partial charge on any atom is -0.497 e. The van der Waals surface area contributed by atoms with E-state index in [4.69, 9.17) is 19.0 Å². The maximum Gasteiger partial charge on any atom is 0.322 e. The van der Waals surface area contributed by atoms with E-state index in [0.717, 1.165) is 34.6 Å². The lowest BCUT2D eigenvalue weighted by Gasteiger charge is -2.35. The molecule has 36 heavy (non-hydrogen) atoms. The molecule has 2 aromatic carbocycles. The lowest BCUT2D eigenvalue weighted by Crippen LogP contribution is -2.46. The molecule has 8 nitrogen and oxygen atoms in total. The van der Waals surface area contributed by atoms with Gasteiger partial charge in [-0.1, -0.05) is 48.5 Å². The van der Waals surface area contributed by atoms with Crippen molar-refractivity contribution in [1.82, 2.24) is 20.4 Å². The maximum absolute atomic E-state index is 13.2. The molecule has 8 heteroatoms. The smallest absolute Gasteiger partial charge is 0.322 e. The number of carbonyl (C=O) groups is 1. The lowest BCUT2D eigenvalue weighted by molar-refractivity contribution is 0.0736. The zero-order valence-electron chi connectivity index (χ0n) is 21.6. The summed E-state index contributed by atoms with van der Waals surface area (Å²) in [6.45, 7) is 9.13. The molecule has 4 rings (SSSR count). The Hall–Kier alpha value is -3.65. The molecule has 1 aromatic heterocycles. The van der Waals surface area contributed by atoms with Crippen molar-refractivity contribution < 1.29 is 18.8 Å². The number of ether oxygens (including phenoxy) is 2. The van der Waals surface area contributed by atoms with Gasteiger partial charge in [-0.25, -0.2) is 4.79 Å². The molecule has 1 aliphatic rings. The highest BCUT2D eigenvalue weighted by Gasteiger charge is 2.35. The summed E-state index contributed by atoms with van der Waals surface area (Å²) in [7, 11) is 1.63. The summed E-state index contributed by atoms with van der Waals surface area (Å²) in [6.07, 6.45) is 1.82. The number of benzene rings is 2. The summed E-state index contributed by atoms with van der Waals surface area (Å²) in [5.74, 6) is 1.63. The second kappa shape index (κ2) is 11.4. The van der Waals surface area contributed by atoms with Gasteiger partial charge in [-0.15, -0.1) is 0 Å². The van der Waals surface area contributed by atoms with Crippen LogP contribution in [0.2, 0.25) is 0 Å². The van der Waals surface area contributed by atoms with Crippen LogP contribution in [0.25, 0.3) is 17.0 Å². The van der Waals surface area contributed by atoms with Crippen LogP contribution in [-0.2, 0) is 11.2 Å². The maximum atomic E-state index is 13.2. The van der Waals surface area contributed by atoms with Crippen molar-refractivity contribution in [3.05, 3.63) is 71.2 Å². The highest BCUT2D eigenvalue weighted by atomic mass is 16.5. The molecular weight excluding hydrogens is 456 g/mol. The van der Waals surface area contributed by atoms with Crippen molar-refractivity contribution in [2.45, 2.75) is 52.7 Å². The van der Waals surface area contributed by atoms with Crippen molar-refractivity contribution in [2.24, 2.45) is 0 Å². The van der Waals surface area contributed by atoms with Gasteiger partial charge >= 0.3 is 6.03 Å². The van der Waals surface area contributed by atoms with Gasteiger partial charge in [0.2, 0.25) is 5.82 Å². The molecule has 0 saturated heterocycles. The van der Waals surface area contributed by atoms with Crippen molar-refractivity contribution in [2.75, 3.05) is 20.3 Å². The number of nitrogens with zero attached hydrogens (tertiary/aromatic N) is 3. The molecule has 1 unspecified atom stereocenters. The van der Waals surface area contributed by atoms with E-state index >= 15 is 0 Å². The topological polar surface area (TPSA) is 89.7 Å². The van der Waals surface area contributed by atoms with Crippen LogP contribution in [0.15, 0.2) is 58.8 Å². The van der Waals surface area contributed by atoms with Crippen LogP contribution in [-0.4, -0.2) is 47.4 Å². The molecule has 0 saturated carbocycles. The number of hydrogen-bond donors (Lipinski definition) is 1. The number of rotatable bonds is 10. The van der Waals surface area contributed by atoms with Crippen molar-refractivity contribution >= 4 is 11.6 Å². The van der Waals surface area contributed by atoms with Gasteiger partial charge in [-0.2, -0.15) is 4.98 Å². The fourth-order valence-electron chi connectivity index (χ4n) is 4.26. The number of hydrogen-bond acceptors (Lipinski definition) is 6. The first-order valence-corrected chi connectivity index (χ1v) is 12.4. The molecule has 3 aromatic rings. The molecule has 0 bridgehead atoms. The Morgan fingerprint density at radius 2 is 1.83 bits per heavy atom. The first kappa shape index (κ1) is 25.4. The predicted octanol–water partition coefficient (Wildman–Crippen LogP) is 5.62. The Bertz CT molecular complexity index is 1200. The number of aromatic nitrogens is 2. The number of nitrogens with one attached hydrogen (secondary N) is 1. The zero-order valence-corrected chi connectivity index (χ0v) is 21.6. The molecule has 2 amide bonds. The van der Waals surface area contributed by atoms with Gasteiger partial charge in [0.15, 0.2) is 0 Å². The first-order chi connectivity index (χ1) is 17.4. The van der Waals surface area contributed by atoms with Crippen LogP contribution in [0.5, 0.6) is 5.75 Å². The normalized spacial score (nSPS) is 16.0. The fourth-order valence-corrected chi connectivity index (χ4v) is 4.26. The van der Waals surface area contributed by atoms with Gasteiger partial charge in [0.05, 0.1) is 24.8 Å². The quantitative estimate of drug-likeness (QED) is 0.371. The van der Waals surface area contributed by atoms with E-state index in [9.17, 15) is 4.79 Å². The number of carbonyl (C=O) groups excluding carboxylic acids is 1. The molecule has 1 atom stereocenters. The van der Waals surface area contributed by atoms with E-state index in [1.165, 1.54) is 5.56 Å². The minimum absolute atomic E-state index is 0.148. The van der Waals surface area contributed by atoms with Crippen LogP contribution < -0.4 is 10.1 Å². The summed E-state index contributed by atoms with van der Waals surface area (Å²) in [4.78, 5) is 19.6. The van der Waals surface area contributed by atoms with E-state index in [2.05, 4.69) is 29.5 Å². The third-order valence-electron chi connectivity index (χ3n) is 6.30. The Labute approximate surface area is 212 Å². The van der Waals surface area contributed by atoms with Gasteiger partial charge in [0.1, 0.15) is 5.75 Å². The van der Waals surface area contributed by atoms with Crippen molar-refractivity contribution in [1.29, 1.82) is 0 Å². The van der Waals surface area contributed by atoms with Crippen LogP contribution in [0, 0.1) is 0 Å². The summed E-state index contributed by atoms with van der Waals surface area (Å²) in [6, 6.07) is 15.1.